The Hall–Kier alpha value is -1.13. The third-order valence-corrected chi connectivity index (χ3v) is 5.69. The normalized spacial score (nSPS) is 15.2. The Labute approximate surface area is 110 Å². The lowest BCUT2D eigenvalue weighted by molar-refractivity contribution is 0.0697. The second-order valence-electron chi connectivity index (χ2n) is 6.41. The maximum absolute atomic E-state index is 10.7. The minimum absolute atomic E-state index is 0.122. The summed E-state index contributed by atoms with van der Waals surface area (Å²) in [5.74, 6) is -0.916. The van der Waals surface area contributed by atoms with E-state index in [0.29, 0.717) is 6.04 Å². The fourth-order valence-electron chi connectivity index (χ4n) is 2.41. The fourth-order valence-corrected chi connectivity index (χ4v) is 5.94. The van der Waals surface area contributed by atoms with Crippen LogP contribution >= 0.6 is 0 Å². The first-order chi connectivity index (χ1) is 8.09. The Bertz CT molecular complexity index is 416. The number of aromatic carboxylic acids is 1. The highest BCUT2D eigenvalue weighted by Gasteiger charge is 2.30. The average molecular weight is 266 g/mol. The number of rotatable bonds is 4. The SMILES string of the molecule is CC(C)(C)C[Si](C)(O)Cc1ccc(C(=O)O)cc1. The van der Waals surface area contributed by atoms with E-state index < -0.39 is 14.3 Å². The molecule has 0 amide bonds. The van der Waals surface area contributed by atoms with Crippen molar-refractivity contribution in [1.29, 1.82) is 0 Å². The molecule has 0 fully saturated rings. The standard InChI is InChI=1S/C14H22O3Si/c1-14(2,3)10-18(4,17)9-11-5-7-12(8-6-11)13(15)16/h5-8,17H,9-10H2,1-4H3,(H,15,16). The Balaban J connectivity index is 2.75. The fraction of sp³-hybridized carbons (Fsp3) is 0.500. The topological polar surface area (TPSA) is 57.5 Å². The molecule has 0 bridgehead atoms. The molecule has 4 heteroatoms. The molecule has 0 saturated heterocycles. The molecular weight excluding hydrogens is 244 g/mol. The van der Waals surface area contributed by atoms with Crippen molar-refractivity contribution in [3.63, 3.8) is 0 Å². The molecule has 2 N–H and O–H groups in total. The second-order valence-corrected chi connectivity index (χ2v) is 10.1. The van der Waals surface area contributed by atoms with E-state index in [2.05, 4.69) is 20.8 Å². The van der Waals surface area contributed by atoms with Crippen molar-refractivity contribution in [3.8, 4) is 0 Å². The van der Waals surface area contributed by atoms with Crippen LogP contribution in [0.2, 0.25) is 12.6 Å². The van der Waals surface area contributed by atoms with Crippen LogP contribution in [-0.2, 0) is 6.04 Å². The van der Waals surface area contributed by atoms with E-state index in [1.54, 1.807) is 24.3 Å². The van der Waals surface area contributed by atoms with E-state index in [1.807, 2.05) is 6.55 Å². The summed E-state index contributed by atoms with van der Waals surface area (Å²) in [5, 5.41) is 8.82. The summed E-state index contributed by atoms with van der Waals surface area (Å²) in [6.45, 7) is 8.34. The van der Waals surface area contributed by atoms with Gasteiger partial charge in [0.05, 0.1) is 5.56 Å². The lowest BCUT2D eigenvalue weighted by Gasteiger charge is -2.29. The van der Waals surface area contributed by atoms with Crippen LogP contribution in [0.1, 0.15) is 36.7 Å². The van der Waals surface area contributed by atoms with E-state index >= 15 is 0 Å². The Morgan fingerprint density at radius 3 is 2.11 bits per heavy atom. The zero-order valence-electron chi connectivity index (χ0n) is 11.5. The highest BCUT2D eigenvalue weighted by Crippen LogP contribution is 2.28. The van der Waals surface area contributed by atoms with Gasteiger partial charge in [-0.05, 0) is 41.7 Å². The van der Waals surface area contributed by atoms with Crippen molar-refractivity contribution >= 4 is 14.3 Å². The van der Waals surface area contributed by atoms with Gasteiger partial charge in [-0.25, -0.2) is 4.79 Å². The molecule has 100 valence electrons. The summed E-state index contributed by atoms with van der Waals surface area (Å²) >= 11 is 0. The molecule has 0 spiro atoms. The quantitative estimate of drug-likeness (QED) is 0.823. The molecule has 0 saturated carbocycles. The zero-order valence-corrected chi connectivity index (χ0v) is 12.5. The van der Waals surface area contributed by atoms with Crippen molar-refractivity contribution in [3.05, 3.63) is 35.4 Å². The minimum atomic E-state index is -2.27. The number of carboxylic acid groups (broad SMARTS) is 1. The van der Waals surface area contributed by atoms with Crippen LogP contribution < -0.4 is 0 Å². The van der Waals surface area contributed by atoms with Gasteiger partial charge in [0, 0.05) is 0 Å². The maximum atomic E-state index is 10.7. The van der Waals surface area contributed by atoms with Gasteiger partial charge in [-0.3, -0.25) is 0 Å². The highest BCUT2D eigenvalue weighted by molar-refractivity contribution is 6.70. The van der Waals surface area contributed by atoms with Crippen LogP contribution in [0.15, 0.2) is 24.3 Å². The van der Waals surface area contributed by atoms with E-state index in [4.69, 9.17) is 5.11 Å². The van der Waals surface area contributed by atoms with Crippen molar-refractivity contribution in [2.45, 2.75) is 39.4 Å². The summed E-state index contributed by atoms with van der Waals surface area (Å²) < 4.78 is 0. The summed E-state index contributed by atoms with van der Waals surface area (Å²) in [7, 11) is -2.27. The minimum Gasteiger partial charge on any atom is -0.478 e. The molecule has 3 nitrogen and oxygen atoms in total. The molecule has 1 aromatic rings. The van der Waals surface area contributed by atoms with Crippen LogP contribution in [0.3, 0.4) is 0 Å². The molecule has 0 aliphatic rings. The highest BCUT2D eigenvalue weighted by atomic mass is 28.4. The number of carboxylic acids is 1. The molecule has 1 rings (SSSR count). The zero-order chi connectivity index (χ0) is 14.0. The maximum Gasteiger partial charge on any atom is 0.335 e. The molecule has 1 unspecified atom stereocenters. The molecule has 1 aromatic carbocycles. The third kappa shape index (κ3) is 5.02. The van der Waals surface area contributed by atoms with Gasteiger partial charge in [-0.1, -0.05) is 32.9 Å². The molecule has 1 atom stereocenters. The predicted octanol–water partition coefficient (Wildman–Crippen LogP) is 3.08. The van der Waals surface area contributed by atoms with Crippen LogP contribution in [-0.4, -0.2) is 24.2 Å². The average Bonchev–Trinajstić information content (AvgIpc) is 2.13. The van der Waals surface area contributed by atoms with Gasteiger partial charge in [0.1, 0.15) is 0 Å². The molecule has 18 heavy (non-hydrogen) atoms. The Kier molecular flexibility index (Phi) is 4.35. The van der Waals surface area contributed by atoms with Crippen LogP contribution in [0.25, 0.3) is 0 Å². The number of hydrogen-bond acceptors (Lipinski definition) is 2. The molecule has 0 aromatic heterocycles. The first-order valence-corrected chi connectivity index (χ1v) is 9.00. The first-order valence-electron chi connectivity index (χ1n) is 6.14. The number of carbonyl (C=O) groups is 1. The Morgan fingerprint density at radius 2 is 1.72 bits per heavy atom. The predicted molar refractivity (Wildman–Crippen MR) is 75.2 cm³/mol. The van der Waals surface area contributed by atoms with E-state index in [1.165, 1.54) is 0 Å². The van der Waals surface area contributed by atoms with E-state index in [0.717, 1.165) is 11.6 Å². The van der Waals surface area contributed by atoms with E-state index in [9.17, 15) is 9.59 Å². The molecule has 0 aliphatic heterocycles. The van der Waals surface area contributed by atoms with Crippen LogP contribution in [0.4, 0.5) is 0 Å². The van der Waals surface area contributed by atoms with Crippen LogP contribution in [0, 0.1) is 5.41 Å². The summed E-state index contributed by atoms with van der Waals surface area (Å²) in [5.41, 5.74) is 1.42. The van der Waals surface area contributed by atoms with E-state index in [-0.39, 0.29) is 11.0 Å². The van der Waals surface area contributed by atoms with Crippen molar-refractivity contribution in [1.82, 2.24) is 0 Å². The third-order valence-electron chi connectivity index (χ3n) is 2.70. The van der Waals surface area contributed by atoms with Gasteiger partial charge >= 0.3 is 5.97 Å². The molecule has 0 radical (unpaired) electrons. The van der Waals surface area contributed by atoms with Crippen molar-refractivity contribution < 1.29 is 14.7 Å². The van der Waals surface area contributed by atoms with Gasteiger partial charge in [0.25, 0.3) is 0 Å². The second kappa shape index (κ2) is 5.24. The summed E-state index contributed by atoms with van der Waals surface area (Å²) in [6, 6.07) is 8.30. The molecular formula is C14H22O3Si. The molecule has 0 heterocycles. The summed E-state index contributed by atoms with van der Waals surface area (Å²) in [4.78, 5) is 21.2. The smallest absolute Gasteiger partial charge is 0.335 e. The monoisotopic (exact) mass is 266 g/mol. The Morgan fingerprint density at radius 1 is 1.22 bits per heavy atom. The number of hydrogen-bond donors (Lipinski definition) is 2. The largest absolute Gasteiger partial charge is 0.478 e. The van der Waals surface area contributed by atoms with Crippen LogP contribution in [0.5, 0.6) is 0 Å². The van der Waals surface area contributed by atoms with Crippen molar-refractivity contribution in [2.24, 2.45) is 5.41 Å². The van der Waals surface area contributed by atoms with Gasteiger partial charge in [0.15, 0.2) is 8.32 Å². The van der Waals surface area contributed by atoms with Gasteiger partial charge in [0.2, 0.25) is 0 Å². The number of benzene rings is 1. The van der Waals surface area contributed by atoms with Gasteiger partial charge in [-0.2, -0.15) is 0 Å². The molecule has 0 aliphatic carbocycles. The summed E-state index contributed by atoms with van der Waals surface area (Å²) in [6.07, 6.45) is 0. The van der Waals surface area contributed by atoms with Gasteiger partial charge < -0.3 is 9.90 Å². The lowest BCUT2D eigenvalue weighted by Crippen LogP contribution is -2.37. The first kappa shape index (κ1) is 14.9. The van der Waals surface area contributed by atoms with Gasteiger partial charge in [-0.15, -0.1) is 0 Å². The lowest BCUT2D eigenvalue weighted by atomic mass is 10.0. The van der Waals surface area contributed by atoms with Crippen molar-refractivity contribution in [2.75, 3.05) is 0 Å².